The maximum atomic E-state index is 12.5. The first-order valence-electron chi connectivity index (χ1n) is 11.1. The molecule has 0 radical (unpaired) electrons. The summed E-state index contributed by atoms with van der Waals surface area (Å²) in [7, 11) is 0. The zero-order chi connectivity index (χ0) is 24.0. The summed E-state index contributed by atoms with van der Waals surface area (Å²) in [6, 6.07) is 19.9. The molecule has 172 valence electrons. The first-order chi connectivity index (χ1) is 16.2. The Balaban J connectivity index is 1.86. The maximum Gasteiger partial charge on any atom is 0.337 e. The number of fused-ring (bicyclic) bond motifs is 2. The molecule has 1 unspecified atom stereocenters. The van der Waals surface area contributed by atoms with E-state index in [4.69, 9.17) is 14.8 Å². The van der Waals surface area contributed by atoms with Gasteiger partial charge >= 0.3 is 5.97 Å². The lowest BCUT2D eigenvalue weighted by Gasteiger charge is -2.27. The highest BCUT2D eigenvalue weighted by atomic mass is 32.1. The van der Waals surface area contributed by atoms with Gasteiger partial charge in [0.05, 0.1) is 17.0 Å². The van der Waals surface area contributed by atoms with Crippen LogP contribution in [0.5, 0.6) is 0 Å². The number of rotatable bonds is 5. The van der Waals surface area contributed by atoms with Crippen LogP contribution < -0.4 is 0 Å². The fourth-order valence-corrected chi connectivity index (χ4v) is 5.15. The van der Waals surface area contributed by atoms with Crippen LogP contribution in [-0.2, 0) is 9.53 Å². The van der Waals surface area contributed by atoms with Gasteiger partial charge in [0.1, 0.15) is 0 Å². The second kappa shape index (κ2) is 8.34. The number of ether oxygens (including phenoxy) is 1. The standard InChI is InChI=1S/C27H25N3O3S/c1-16-23(25(26(31)32)33-27(2,3)4)24(19-15-34-21-13-9-8-12-18(19)21)30-22(28-16)14-20(29-30)17-10-6-5-7-11-17/h5-15,25H,1-4H3,(H,31,32). The minimum Gasteiger partial charge on any atom is -0.479 e. The van der Waals surface area contributed by atoms with Crippen LogP contribution >= 0.6 is 11.3 Å². The monoisotopic (exact) mass is 471 g/mol. The average molecular weight is 472 g/mol. The average Bonchev–Trinajstić information content (AvgIpc) is 3.41. The van der Waals surface area contributed by atoms with Crippen LogP contribution in [0.15, 0.2) is 66.0 Å². The van der Waals surface area contributed by atoms with Gasteiger partial charge in [-0.05, 0) is 33.8 Å². The molecule has 5 aromatic rings. The van der Waals surface area contributed by atoms with Gasteiger partial charge in [-0.3, -0.25) is 0 Å². The van der Waals surface area contributed by atoms with Gasteiger partial charge in [-0.1, -0.05) is 48.5 Å². The van der Waals surface area contributed by atoms with E-state index in [1.807, 2.05) is 76.2 Å². The predicted octanol–water partition coefficient (Wildman–Crippen LogP) is 6.53. The summed E-state index contributed by atoms with van der Waals surface area (Å²) in [6.07, 6.45) is -1.20. The highest BCUT2D eigenvalue weighted by Gasteiger charge is 2.33. The first-order valence-corrected chi connectivity index (χ1v) is 11.9. The van der Waals surface area contributed by atoms with Crippen molar-refractivity contribution >= 4 is 33.0 Å². The highest BCUT2D eigenvalue weighted by Crippen LogP contribution is 2.41. The Kier molecular flexibility index (Phi) is 5.46. The third-order valence-electron chi connectivity index (χ3n) is 5.59. The number of nitrogens with zero attached hydrogens (tertiary/aromatic N) is 3. The molecular weight excluding hydrogens is 446 g/mol. The molecule has 34 heavy (non-hydrogen) atoms. The Bertz CT molecular complexity index is 1510. The summed E-state index contributed by atoms with van der Waals surface area (Å²) in [4.78, 5) is 17.3. The van der Waals surface area contributed by atoms with Crippen LogP contribution in [0.3, 0.4) is 0 Å². The molecule has 0 bridgehead atoms. The molecule has 1 N–H and O–H groups in total. The minimum atomic E-state index is -1.20. The van der Waals surface area contributed by atoms with E-state index in [2.05, 4.69) is 17.5 Å². The maximum absolute atomic E-state index is 12.5. The molecule has 7 heteroatoms. The summed E-state index contributed by atoms with van der Waals surface area (Å²) in [5, 5.41) is 18.2. The quantitative estimate of drug-likeness (QED) is 0.315. The van der Waals surface area contributed by atoms with Gasteiger partial charge in [0, 0.05) is 43.9 Å². The third kappa shape index (κ3) is 3.97. The molecule has 0 saturated carbocycles. The van der Waals surface area contributed by atoms with E-state index in [1.54, 1.807) is 15.9 Å². The molecule has 6 nitrogen and oxygen atoms in total. The number of carboxylic acids is 1. The molecule has 0 saturated heterocycles. The van der Waals surface area contributed by atoms with Gasteiger partial charge in [0.2, 0.25) is 0 Å². The van der Waals surface area contributed by atoms with Crippen LogP contribution in [0, 0.1) is 6.92 Å². The minimum absolute atomic E-state index is 0.515. The van der Waals surface area contributed by atoms with Crippen molar-refractivity contribution in [1.82, 2.24) is 14.6 Å². The van der Waals surface area contributed by atoms with Crippen molar-refractivity contribution in [1.29, 1.82) is 0 Å². The summed E-state index contributed by atoms with van der Waals surface area (Å²) < 4.78 is 8.96. The van der Waals surface area contributed by atoms with E-state index in [0.29, 0.717) is 22.6 Å². The van der Waals surface area contributed by atoms with Crippen molar-refractivity contribution in [3.63, 3.8) is 0 Å². The Morgan fingerprint density at radius 1 is 1.09 bits per heavy atom. The molecule has 0 spiro atoms. The van der Waals surface area contributed by atoms with E-state index in [1.165, 1.54) is 0 Å². The Hall–Kier alpha value is -3.55. The lowest BCUT2D eigenvalue weighted by atomic mass is 9.98. The third-order valence-corrected chi connectivity index (χ3v) is 6.56. The molecule has 5 rings (SSSR count). The SMILES string of the molecule is Cc1nc2cc(-c3ccccc3)nn2c(-c2csc3ccccc23)c1C(OC(C)(C)C)C(=O)O. The summed E-state index contributed by atoms with van der Waals surface area (Å²) in [6.45, 7) is 7.40. The Labute approximate surface area is 201 Å². The number of hydrogen-bond acceptors (Lipinski definition) is 5. The Morgan fingerprint density at radius 2 is 1.79 bits per heavy atom. The second-order valence-corrected chi connectivity index (χ2v) is 10.1. The second-order valence-electron chi connectivity index (χ2n) is 9.22. The highest BCUT2D eigenvalue weighted by molar-refractivity contribution is 7.17. The lowest BCUT2D eigenvalue weighted by molar-refractivity contribution is -0.160. The van der Waals surface area contributed by atoms with E-state index in [0.717, 1.165) is 26.9 Å². The molecule has 0 aliphatic heterocycles. The predicted molar refractivity (Wildman–Crippen MR) is 135 cm³/mol. The zero-order valence-corrected chi connectivity index (χ0v) is 20.3. The first kappa shape index (κ1) is 22.3. The molecule has 3 heterocycles. The molecule has 0 aliphatic rings. The molecule has 1 atom stereocenters. The lowest BCUT2D eigenvalue weighted by Crippen LogP contribution is -2.29. The number of thiophene rings is 1. The van der Waals surface area contributed by atoms with Crippen molar-refractivity contribution in [3.05, 3.63) is 77.3 Å². The van der Waals surface area contributed by atoms with Crippen LogP contribution in [0.1, 0.15) is 38.1 Å². The van der Waals surface area contributed by atoms with Crippen LogP contribution in [0.2, 0.25) is 0 Å². The van der Waals surface area contributed by atoms with Gasteiger partial charge in [0.25, 0.3) is 0 Å². The van der Waals surface area contributed by atoms with Gasteiger partial charge in [-0.15, -0.1) is 11.3 Å². The fraction of sp³-hybridized carbons (Fsp3) is 0.222. The number of benzene rings is 2. The Morgan fingerprint density at radius 3 is 2.50 bits per heavy atom. The van der Waals surface area contributed by atoms with E-state index in [9.17, 15) is 9.90 Å². The fourth-order valence-electron chi connectivity index (χ4n) is 4.20. The van der Waals surface area contributed by atoms with Crippen LogP contribution in [0.25, 0.3) is 38.2 Å². The van der Waals surface area contributed by atoms with Gasteiger partial charge in [0.15, 0.2) is 11.8 Å². The number of carbonyl (C=O) groups is 1. The molecule has 0 aliphatic carbocycles. The molecule has 3 aromatic heterocycles. The van der Waals surface area contributed by atoms with E-state index >= 15 is 0 Å². The van der Waals surface area contributed by atoms with Crippen molar-refractivity contribution in [2.75, 3.05) is 0 Å². The number of aryl methyl sites for hydroxylation is 1. The molecule has 2 aromatic carbocycles. The largest absolute Gasteiger partial charge is 0.479 e. The van der Waals surface area contributed by atoms with Gasteiger partial charge in [-0.2, -0.15) is 5.10 Å². The van der Waals surface area contributed by atoms with E-state index < -0.39 is 17.7 Å². The summed E-state index contributed by atoms with van der Waals surface area (Å²) >= 11 is 1.62. The van der Waals surface area contributed by atoms with Gasteiger partial charge in [-0.25, -0.2) is 14.3 Å². The summed E-state index contributed by atoms with van der Waals surface area (Å²) in [5.41, 5.74) is 4.46. The van der Waals surface area contributed by atoms with Crippen LogP contribution in [0.4, 0.5) is 0 Å². The summed E-state index contributed by atoms with van der Waals surface area (Å²) in [5.74, 6) is -1.06. The van der Waals surface area contributed by atoms with Crippen molar-refractivity contribution < 1.29 is 14.6 Å². The number of hydrogen-bond donors (Lipinski definition) is 1. The van der Waals surface area contributed by atoms with Crippen molar-refractivity contribution in [3.8, 4) is 22.5 Å². The van der Waals surface area contributed by atoms with Gasteiger partial charge < -0.3 is 9.84 Å². The smallest absolute Gasteiger partial charge is 0.337 e. The van der Waals surface area contributed by atoms with Crippen LogP contribution in [-0.4, -0.2) is 31.3 Å². The van der Waals surface area contributed by atoms with E-state index in [-0.39, 0.29) is 0 Å². The van der Waals surface area contributed by atoms with Crippen molar-refractivity contribution in [2.45, 2.75) is 39.4 Å². The molecular formula is C27H25N3O3S. The number of aromatic nitrogens is 3. The number of aliphatic carboxylic acids is 1. The van der Waals surface area contributed by atoms with Crippen molar-refractivity contribution in [2.24, 2.45) is 0 Å². The normalized spacial score (nSPS) is 12.9. The molecule has 0 fully saturated rings. The zero-order valence-electron chi connectivity index (χ0n) is 19.4. The molecule has 0 amide bonds. The number of carboxylic acid groups (broad SMARTS) is 1. The topological polar surface area (TPSA) is 76.7 Å².